The Kier molecular flexibility index (Phi) is 10.9. The minimum atomic E-state index is -2.71. The van der Waals surface area contributed by atoms with Crippen LogP contribution in [0.4, 0.5) is 25.1 Å². The maximum absolute atomic E-state index is 14.4. The number of rotatable bonds is 14. The number of hydrogen-bond acceptors (Lipinski definition) is 12. The van der Waals surface area contributed by atoms with E-state index in [4.69, 9.17) is 23.9 Å². The predicted octanol–water partition coefficient (Wildman–Crippen LogP) is 6.28. The van der Waals surface area contributed by atoms with Gasteiger partial charge in [0.15, 0.2) is 0 Å². The quantitative estimate of drug-likeness (QED) is 0.129. The number of hydrogen-bond donors (Lipinski definition) is 2. The van der Waals surface area contributed by atoms with Gasteiger partial charge in [0.2, 0.25) is 11.9 Å². The number of fused-ring (bicyclic) bond motifs is 2. The van der Waals surface area contributed by atoms with E-state index >= 15 is 0 Å². The molecule has 14 nitrogen and oxygen atoms in total. The number of halogens is 3. The van der Waals surface area contributed by atoms with Gasteiger partial charge in [-0.25, -0.2) is 23.1 Å². The lowest BCUT2D eigenvalue weighted by Gasteiger charge is -2.23. The van der Waals surface area contributed by atoms with Crippen LogP contribution in [-0.2, 0) is 29.0 Å². The van der Waals surface area contributed by atoms with Gasteiger partial charge in [-0.1, -0.05) is 12.1 Å². The maximum atomic E-state index is 14.4. The SMILES string of the molecule is COc1ccc(F)c(CNc2nc3nc(CCOc4ccc(CNc5nc6nc(C(F)F)cc(C7CCOCC7)n6n5)cc4)cc(C4CCOCC4)n3n2)c1. The first-order chi connectivity index (χ1) is 26.9. The molecule has 0 aliphatic carbocycles. The molecule has 6 aromatic rings. The Balaban J connectivity index is 0.905. The first-order valence-electron chi connectivity index (χ1n) is 18.4. The Labute approximate surface area is 314 Å². The lowest BCUT2D eigenvalue weighted by molar-refractivity contribution is 0.0838. The number of anilines is 2. The van der Waals surface area contributed by atoms with Gasteiger partial charge < -0.3 is 29.6 Å². The molecule has 2 aliphatic rings. The Morgan fingerprint density at radius 3 is 1.98 bits per heavy atom. The second kappa shape index (κ2) is 16.4. The predicted molar refractivity (Wildman–Crippen MR) is 195 cm³/mol. The fraction of sp³-hybridized carbons (Fsp3) is 0.421. The number of ether oxygens (including phenoxy) is 4. The van der Waals surface area contributed by atoms with Crippen molar-refractivity contribution in [1.29, 1.82) is 0 Å². The van der Waals surface area contributed by atoms with Gasteiger partial charge in [0, 0.05) is 69.0 Å². The summed E-state index contributed by atoms with van der Waals surface area (Å²) in [7, 11) is 1.54. The van der Waals surface area contributed by atoms with Crippen LogP contribution in [0.3, 0.4) is 0 Å². The lowest BCUT2D eigenvalue weighted by Crippen LogP contribution is -2.18. The zero-order valence-corrected chi connectivity index (χ0v) is 30.3. The van der Waals surface area contributed by atoms with Crippen molar-refractivity contribution >= 4 is 23.5 Å². The fourth-order valence-corrected chi connectivity index (χ4v) is 6.96. The van der Waals surface area contributed by atoms with Crippen LogP contribution in [0.5, 0.6) is 11.5 Å². The lowest BCUT2D eigenvalue weighted by atomic mass is 9.95. The van der Waals surface area contributed by atoms with E-state index in [0.717, 1.165) is 42.6 Å². The molecule has 17 heteroatoms. The molecule has 0 radical (unpaired) electrons. The van der Waals surface area contributed by atoms with E-state index in [1.165, 1.54) is 12.1 Å². The Morgan fingerprint density at radius 1 is 0.745 bits per heavy atom. The van der Waals surface area contributed by atoms with Crippen molar-refractivity contribution in [1.82, 2.24) is 39.2 Å². The minimum Gasteiger partial charge on any atom is -0.497 e. The molecule has 288 valence electrons. The molecule has 0 spiro atoms. The number of nitrogens with zero attached hydrogens (tertiary/aromatic N) is 8. The largest absolute Gasteiger partial charge is 0.497 e. The van der Waals surface area contributed by atoms with E-state index in [-0.39, 0.29) is 35.7 Å². The third kappa shape index (κ3) is 8.42. The van der Waals surface area contributed by atoms with Gasteiger partial charge in [0.05, 0.1) is 25.1 Å². The third-order valence-electron chi connectivity index (χ3n) is 9.95. The number of alkyl halides is 2. The topological polar surface area (TPSA) is 147 Å². The zero-order chi connectivity index (χ0) is 37.7. The smallest absolute Gasteiger partial charge is 0.280 e. The van der Waals surface area contributed by atoms with E-state index in [2.05, 4.69) is 41.8 Å². The van der Waals surface area contributed by atoms with Crippen molar-refractivity contribution < 1.29 is 32.1 Å². The average Bonchev–Trinajstić information content (AvgIpc) is 3.84. The molecule has 2 fully saturated rings. The van der Waals surface area contributed by atoms with Crippen LogP contribution in [-0.4, -0.2) is 79.3 Å². The third-order valence-corrected chi connectivity index (χ3v) is 9.95. The summed E-state index contributed by atoms with van der Waals surface area (Å²) in [5.41, 5.74) is 3.57. The molecule has 55 heavy (non-hydrogen) atoms. The highest BCUT2D eigenvalue weighted by Gasteiger charge is 2.25. The second-order valence-electron chi connectivity index (χ2n) is 13.6. The van der Waals surface area contributed by atoms with Gasteiger partial charge in [-0.15, -0.1) is 10.2 Å². The van der Waals surface area contributed by atoms with Crippen LogP contribution in [0.25, 0.3) is 11.6 Å². The van der Waals surface area contributed by atoms with Gasteiger partial charge >= 0.3 is 0 Å². The van der Waals surface area contributed by atoms with Crippen LogP contribution in [0.15, 0.2) is 54.6 Å². The van der Waals surface area contributed by atoms with Crippen LogP contribution >= 0.6 is 0 Å². The molecular weight excluding hydrogens is 717 g/mol. The van der Waals surface area contributed by atoms with E-state index in [1.54, 1.807) is 28.3 Å². The number of benzene rings is 2. The van der Waals surface area contributed by atoms with Gasteiger partial charge in [-0.2, -0.15) is 19.0 Å². The minimum absolute atomic E-state index is 0.0357. The summed E-state index contributed by atoms with van der Waals surface area (Å²) in [6.45, 7) is 3.45. The van der Waals surface area contributed by atoms with Crippen LogP contribution < -0.4 is 20.1 Å². The second-order valence-corrected chi connectivity index (χ2v) is 13.6. The summed E-state index contributed by atoms with van der Waals surface area (Å²) >= 11 is 0. The molecule has 0 amide bonds. The highest BCUT2D eigenvalue weighted by Crippen LogP contribution is 2.31. The van der Waals surface area contributed by atoms with E-state index in [1.807, 2.05) is 24.3 Å². The Hall–Kier alpha value is -5.55. The summed E-state index contributed by atoms with van der Waals surface area (Å²) in [5.74, 6) is 2.42. The molecular formula is C38H41F3N10O4. The number of aromatic nitrogens is 8. The van der Waals surface area contributed by atoms with Gasteiger partial charge in [0.1, 0.15) is 23.0 Å². The van der Waals surface area contributed by atoms with E-state index < -0.39 is 6.43 Å². The van der Waals surface area contributed by atoms with Crippen molar-refractivity contribution in [2.75, 3.05) is 50.8 Å². The number of methoxy groups -OCH3 is 1. The Bertz CT molecular complexity index is 2240. The normalized spacial score (nSPS) is 15.6. The molecule has 8 rings (SSSR count). The molecule has 2 aromatic carbocycles. The molecule has 6 heterocycles. The summed E-state index contributed by atoms with van der Waals surface area (Å²) in [6.07, 6.45) is 0.987. The summed E-state index contributed by atoms with van der Waals surface area (Å²) in [6, 6.07) is 15.7. The Morgan fingerprint density at radius 2 is 1.35 bits per heavy atom. The molecule has 0 atom stereocenters. The summed E-state index contributed by atoms with van der Waals surface area (Å²) in [5, 5.41) is 15.6. The van der Waals surface area contributed by atoms with Crippen molar-refractivity contribution in [3.8, 4) is 11.5 Å². The van der Waals surface area contributed by atoms with Gasteiger partial charge in [-0.05, 0) is 73.7 Å². The zero-order valence-electron chi connectivity index (χ0n) is 30.3. The monoisotopic (exact) mass is 758 g/mol. The van der Waals surface area contributed by atoms with Crippen LogP contribution in [0.2, 0.25) is 0 Å². The standard InChI is InChI=1S/C38H41F3N10O4/c1-52-29-6-7-30(39)26(18-29)22-43-36-46-37-44-27(19-32(50(37)49-36)24-8-13-53-14-9-24)12-17-55-28-4-2-23(3-5-28)21-42-35-47-38-45-31(34(40)41)20-33(51(38)48-35)25-10-15-54-16-11-25/h2-7,18-20,24-25,34H,8-17,21-22H2,1H3,(H,42,48)(H,43,49). The van der Waals surface area contributed by atoms with Gasteiger partial charge in [0.25, 0.3) is 18.0 Å². The molecule has 0 bridgehead atoms. The number of nitrogens with one attached hydrogen (secondary N) is 2. The van der Waals surface area contributed by atoms with Crippen LogP contribution in [0, 0.1) is 5.82 Å². The first-order valence-corrected chi connectivity index (χ1v) is 18.4. The molecule has 0 saturated carbocycles. The fourth-order valence-electron chi connectivity index (χ4n) is 6.96. The highest BCUT2D eigenvalue weighted by atomic mass is 19.3. The van der Waals surface area contributed by atoms with Gasteiger partial charge in [-0.3, -0.25) is 0 Å². The summed E-state index contributed by atoms with van der Waals surface area (Å²) in [4.78, 5) is 17.9. The van der Waals surface area contributed by atoms with Crippen LogP contribution in [0.1, 0.15) is 77.8 Å². The van der Waals surface area contributed by atoms with E-state index in [9.17, 15) is 13.2 Å². The van der Waals surface area contributed by atoms with Crippen molar-refractivity contribution in [2.45, 2.75) is 63.5 Å². The highest BCUT2D eigenvalue weighted by molar-refractivity contribution is 5.43. The van der Waals surface area contributed by atoms with Crippen molar-refractivity contribution in [2.24, 2.45) is 0 Å². The molecule has 2 N–H and O–H groups in total. The molecule has 4 aromatic heterocycles. The maximum Gasteiger partial charge on any atom is 0.280 e. The van der Waals surface area contributed by atoms with Crippen molar-refractivity contribution in [3.63, 3.8) is 0 Å². The summed E-state index contributed by atoms with van der Waals surface area (Å²) < 4.78 is 67.5. The van der Waals surface area contributed by atoms with E-state index in [0.29, 0.717) is 86.4 Å². The molecule has 2 aliphatic heterocycles. The molecule has 0 unspecified atom stereocenters. The first kappa shape index (κ1) is 36.4. The average molecular weight is 759 g/mol. The molecule has 2 saturated heterocycles. The van der Waals surface area contributed by atoms with Crippen molar-refractivity contribution in [3.05, 3.63) is 94.3 Å².